The van der Waals surface area contributed by atoms with Gasteiger partial charge in [0.05, 0.1) is 10.5 Å². The minimum atomic E-state index is -3.71. The number of sulfonamides is 1. The number of aliphatic hydroxyl groups is 1. The van der Waals surface area contributed by atoms with Crippen molar-refractivity contribution in [2.75, 3.05) is 25.5 Å². The fourth-order valence-corrected chi connectivity index (χ4v) is 4.10. The van der Waals surface area contributed by atoms with Crippen LogP contribution in [-0.2, 0) is 14.8 Å². The second-order valence-electron chi connectivity index (χ2n) is 5.59. The highest BCUT2D eigenvalue weighted by Gasteiger charge is 2.32. The van der Waals surface area contributed by atoms with Gasteiger partial charge in [-0.1, -0.05) is 6.07 Å². The van der Waals surface area contributed by atoms with Crippen molar-refractivity contribution in [3.05, 3.63) is 23.3 Å². The van der Waals surface area contributed by atoms with Crippen molar-refractivity contribution in [3.63, 3.8) is 0 Å². The second-order valence-corrected chi connectivity index (χ2v) is 7.29. The van der Waals surface area contributed by atoms with Gasteiger partial charge in [-0.05, 0) is 31.0 Å². The van der Waals surface area contributed by atoms with E-state index in [2.05, 4.69) is 4.72 Å². The maximum Gasteiger partial charge on any atom is 0.241 e. The third-order valence-electron chi connectivity index (χ3n) is 3.93. The summed E-state index contributed by atoms with van der Waals surface area (Å²) in [4.78, 5) is 0.193. The Morgan fingerprint density at radius 3 is 2.57 bits per heavy atom. The van der Waals surface area contributed by atoms with Gasteiger partial charge in [0.2, 0.25) is 10.0 Å². The van der Waals surface area contributed by atoms with Crippen molar-refractivity contribution < 1.29 is 18.3 Å². The van der Waals surface area contributed by atoms with Crippen LogP contribution in [0, 0.1) is 13.8 Å². The predicted octanol–water partition coefficient (Wildman–Crippen LogP) is 0.705. The van der Waals surface area contributed by atoms with Gasteiger partial charge >= 0.3 is 0 Å². The number of anilines is 1. The average molecular weight is 314 g/mol. The summed E-state index contributed by atoms with van der Waals surface area (Å²) in [6.07, 6.45) is 0.842. The van der Waals surface area contributed by atoms with E-state index in [0.717, 1.165) is 0 Å². The first-order valence-corrected chi connectivity index (χ1v) is 8.39. The summed E-state index contributed by atoms with van der Waals surface area (Å²) >= 11 is 0. The molecule has 0 aliphatic carbocycles. The normalized spacial score (nSPS) is 18.6. The molecule has 0 bridgehead atoms. The van der Waals surface area contributed by atoms with E-state index in [1.807, 2.05) is 0 Å². The van der Waals surface area contributed by atoms with Gasteiger partial charge in [-0.15, -0.1) is 0 Å². The first-order valence-electron chi connectivity index (χ1n) is 6.91. The van der Waals surface area contributed by atoms with Crippen LogP contribution in [-0.4, -0.2) is 38.9 Å². The molecule has 1 aromatic carbocycles. The number of ether oxygens (including phenoxy) is 1. The Balaban J connectivity index is 2.21. The van der Waals surface area contributed by atoms with Crippen LogP contribution in [0.2, 0.25) is 0 Å². The Bertz CT molecular complexity index is 622. The molecule has 1 aliphatic rings. The number of aryl methyl sites for hydroxylation is 1. The van der Waals surface area contributed by atoms with Crippen molar-refractivity contribution >= 4 is 15.7 Å². The molecule has 0 saturated carbocycles. The van der Waals surface area contributed by atoms with Gasteiger partial charge in [-0.25, -0.2) is 13.1 Å². The maximum absolute atomic E-state index is 12.5. The number of nitrogen functional groups attached to an aromatic ring is 1. The van der Waals surface area contributed by atoms with Gasteiger partial charge in [-0.2, -0.15) is 0 Å². The van der Waals surface area contributed by atoms with Crippen LogP contribution in [0.1, 0.15) is 24.0 Å². The van der Waals surface area contributed by atoms with E-state index in [9.17, 15) is 13.5 Å². The molecule has 21 heavy (non-hydrogen) atoms. The van der Waals surface area contributed by atoms with Gasteiger partial charge in [0.15, 0.2) is 0 Å². The fraction of sp³-hybridized carbons (Fsp3) is 0.571. The van der Waals surface area contributed by atoms with Crippen molar-refractivity contribution in [1.82, 2.24) is 4.72 Å². The summed E-state index contributed by atoms with van der Waals surface area (Å²) in [5.41, 5.74) is 6.34. The molecule has 1 aromatic rings. The molecule has 118 valence electrons. The van der Waals surface area contributed by atoms with E-state index < -0.39 is 15.6 Å². The molecule has 0 spiro atoms. The second kappa shape index (κ2) is 5.92. The molecular weight excluding hydrogens is 292 g/mol. The molecule has 2 rings (SSSR count). The van der Waals surface area contributed by atoms with Crippen molar-refractivity contribution in [2.45, 2.75) is 37.2 Å². The lowest BCUT2D eigenvalue weighted by molar-refractivity contribution is -0.0588. The quantitative estimate of drug-likeness (QED) is 0.710. The van der Waals surface area contributed by atoms with E-state index in [0.29, 0.717) is 42.9 Å². The largest absolute Gasteiger partial charge is 0.398 e. The smallest absolute Gasteiger partial charge is 0.241 e. The molecule has 0 unspecified atom stereocenters. The third-order valence-corrected chi connectivity index (χ3v) is 5.62. The van der Waals surface area contributed by atoms with Gasteiger partial charge in [0.25, 0.3) is 0 Å². The first kappa shape index (κ1) is 16.2. The molecule has 1 aliphatic heterocycles. The van der Waals surface area contributed by atoms with E-state index in [1.54, 1.807) is 26.0 Å². The fourth-order valence-electron chi connectivity index (χ4n) is 2.49. The van der Waals surface area contributed by atoms with Crippen LogP contribution in [0.5, 0.6) is 0 Å². The molecule has 4 N–H and O–H groups in total. The van der Waals surface area contributed by atoms with E-state index in [1.165, 1.54) is 0 Å². The number of benzene rings is 1. The highest BCUT2D eigenvalue weighted by atomic mass is 32.2. The highest BCUT2D eigenvalue weighted by molar-refractivity contribution is 7.89. The molecule has 0 amide bonds. The van der Waals surface area contributed by atoms with Crippen LogP contribution in [0.15, 0.2) is 17.0 Å². The zero-order valence-electron chi connectivity index (χ0n) is 12.3. The topological polar surface area (TPSA) is 102 Å². The summed E-state index contributed by atoms with van der Waals surface area (Å²) in [5, 5.41) is 10.3. The number of nitrogens with two attached hydrogens (primary N) is 1. The van der Waals surface area contributed by atoms with Crippen LogP contribution >= 0.6 is 0 Å². The van der Waals surface area contributed by atoms with Crippen LogP contribution in [0.4, 0.5) is 5.69 Å². The SMILES string of the molecule is Cc1ccc(N)c(C)c1S(=O)(=O)NCC1(O)CCOCC1. The highest BCUT2D eigenvalue weighted by Crippen LogP contribution is 2.26. The Morgan fingerprint density at radius 2 is 1.95 bits per heavy atom. The van der Waals surface area contributed by atoms with E-state index in [4.69, 9.17) is 10.5 Å². The minimum Gasteiger partial charge on any atom is -0.398 e. The molecular formula is C14H22N2O4S. The lowest BCUT2D eigenvalue weighted by atomic mass is 9.95. The molecule has 1 fully saturated rings. The summed E-state index contributed by atoms with van der Waals surface area (Å²) in [5.74, 6) is 0. The van der Waals surface area contributed by atoms with E-state index >= 15 is 0 Å². The third kappa shape index (κ3) is 3.55. The summed E-state index contributed by atoms with van der Waals surface area (Å²) in [6.45, 7) is 4.26. The average Bonchev–Trinajstić information content (AvgIpc) is 2.42. The monoisotopic (exact) mass is 314 g/mol. The van der Waals surface area contributed by atoms with Crippen LogP contribution in [0.25, 0.3) is 0 Å². The molecule has 6 nitrogen and oxygen atoms in total. The van der Waals surface area contributed by atoms with Crippen molar-refractivity contribution in [1.29, 1.82) is 0 Å². The number of hydrogen-bond donors (Lipinski definition) is 3. The van der Waals surface area contributed by atoms with Crippen molar-refractivity contribution in [3.8, 4) is 0 Å². The van der Waals surface area contributed by atoms with Gasteiger partial charge in [-0.3, -0.25) is 0 Å². The molecule has 0 aromatic heterocycles. The zero-order valence-corrected chi connectivity index (χ0v) is 13.2. The lowest BCUT2D eigenvalue weighted by Gasteiger charge is -2.32. The Hall–Kier alpha value is -1.15. The van der Waals surface area contributed by atoms with Crippen LogP contribution < -0.4 is 10.5 Å². The zero-order chi connectivity index (χ0) is 15.7. The number of nitrogens with one attached hydrogen (secondary N) is 1. The molecule has 0 atom stereocenters. The van der Waals surface area contributed by atoms with Gasteiger partial charge < -0.3 is 15.6 Å². The van der Waals surface area contributed by atoms with E-state index in [-0.39, 0.29) is 11.4 Å². The summed E-state index contributed by atoms with van der Waals surface area (Å²) in [7, 11) is -3.71. The molecule has 1 heterocycles. The van der Waals surface area contributed by atoms with Crippen molar-refractivity contribution in [2.24, 2.45) is 0 Å². The molecule has 1 saturated heterocycles. The Morgan fingerprint density at radius 1 is 1.33 bits per heavy atom. The Labute approximate surface area is 125 Å². The van der Waals surface area contributed by atoms with Crippen LogP contribution in [0.3, 0.4) is 0 Å². The van der Waals surface area contributed by atoms with Gasteiger partial charge in [0.1, 0.15) is 0 Å². The first-order chi connectivity index (χ1) is 9.75. The summed E-state index contributed by atoms with van der Waals surface area (Å²) in [6, 6.07) is 3.37. The number of hydrogen-bond acceptors (Lipinski definition) is 5. The minimum absolute atomic E-state index is 0.0215. The number of rotatable bonds is 4. The molecule has 0 radical (unpaired) electrons. The standard InChI is InChI=1S/C14H22N2O4S/c1-10-3-4-12(15)11(2)13(10)21(18,19)16-9-14(17)5-7-20-8-6-14/h3-4,16-17H,5-9,15H2,1-2H3. The van der Waals surface area contributed by atoms with Gasteiger partial charge in [0, 0.05) is 38.3 Å². The predicted molar refractivity (Wildman–Crippen MR) is 80.5 cm³/mol. The summed E-state index contributed by atoms with van der Waals surface area (Å²) < 4.78 is 32.7. The maximum atomic E-state index is 12.5. The lowest BCUT2D eigenvalue weighted by Crippen LogP contribution is -2.46. The Kier molecular flexibility index (Phi) is 4.57. The molecule has 7 heteroatoms.